The lowest BCUT2D eigenvalue weighted by atomic mass is 10.1. The number of ether oxygens (including phenoxy) is 1. The van der Waals surface area contributed by atoms with Crippen LogP contribution in [0.1, 0.15) is 39.3 Å². The molecular weight excluding hydrogens is 240 g/mol. The molecule has 19 heavy (non-hydrogen) atoms. The van der Waals surface area contributed by atoms with Crippen LogP contribution in [-0.4, -0.2) is 18.6 Å². The van der Waals surface area contributed by atoms with Gasteiger partial charge in [-0.2, -0.15) is 0 Å². The first kappa shape index (κ1) is 15.5. The molecule has 0 aliphatic heterocycles. The molecule has 0 heterocycles. The van der Waals surface area contributed by atoms with Gasteiger partial charge in [-0.05, 0) is 38.5 Å². The van der Waals surface area contributed by atoms with Gasteiger partial charge in [-0.15, -0.1) is 0 Å². The number of carbonyl (C=O) groups excluding carboxylic acids is 1. The molecule has 4 heteroatoms. The molecule has 1 aromatic rings. The molecule has 1 amide bonds. The van der Waals surface area contributed by atoms with Gasteiger partial charge in [-0.1, -0.05) is 19.1 Å². The molecule has 106 valence electrons. The van der Waals surface area contributed by atoms with E-state index in [4.69, 9.17) is 10.5 Å². The standard InChI is InChI=1S/C15H24N2O2/c1-10(2)19-14-7-5-13(6-8-14)12(4)17-15(18)11(3)9-16/h5-8,10-12H,9,16H2,1-4H3,(H,17,18). The third-order valence-electron chi connectivity index (χ3n) is 2.91. The fourth-order valence-corrected chi connectivity index (χ4v) is 1.65. The number of benzene rings is 1. The van der Waals surface area contributed by atoms with Gasteiger partial charge in [0.1, 0.15) is 5.75 Å². The lowest BCUT2D eigenvalue weighted by molar-refractivity contribution is -0.124. The Balaban J connectivity index is 2.62. The zero-order chi connectivity index (χ0) is 14.4. The highest BCUT2D eigenvalue weighted by Crippen LogP contribution is 2.18. The van der Waals surface area contributed by atoms with E-state index < -0.39 is 0 Å². The van der Waals surface area contributed by atoms with Gasteiger partial charge in [0.15, 0.2) is 0 Å². The van der Waals surface area contributed by atoms with Crippen molar-refractivity contribution in [3.05, 3.63) is 29.8 Å². The van der Waals surface area contributed by atoms with Gasteiger partial charge in [-0.25, -0.2) is 0 Å². The van der Waals surface area contributed by atoms with Crippen molar-refractivity contribution in [2.75, 3.05) is 6.54 Å². The SMILES string of the molecule is CC(C)Oc1ccc(C(C)NC(=O)C(C)CN)cc1. The first-order valence-corrected chi connectivity index (χ1v) is 6.71. The van der Waals surface area contributed by atoms with E-state index in [1.807, 2.05) is 52.0 Å². The summed E-state index contributed by atoms with van der Waals surface area (Å²) in [5.41, 5.74) is 6.53. The number of nitrogens with one attached hydrogen (secondary N) is 1. The van der Waals surface area contributed by atoms with Crippen LogP contribution in [0, 0.1) is 5.92 Å². The summed E-state index contributed by atoms with van der Waals surface area (Å²) in [6.07, 6.45) is 0.161. The van der Waals surface area contributed by atoms with E-state index in [-0.39, 0.29) is 24.0 Å². The van der Waals surface area contributed by atoms with Crippen LogP contribution in [0.2, 0.25) is 0 Å². The van der Waals surface area contributed by atoms with Crippen molar-refractivity contribution in [3.63, 3.8) is 0 Å². The highest BCUT2D eigenvalue weighted by molar-refractivity contribution is 5.78. The van der Waals surface area contributed by atoms with E-state index in [1.165, 1.54) is 0 Å². The molecule has 0 saturated carbocycles. The zero-order valence-corrected chi connectivity index (χ0v) is 12.1. The number of hydrogen-bond acceptors (Lipinski definition) is 3. The van der Waals surface area contributed by atoms with Gasteiger partial charge in [0.25, 0.3) is 0 Å². The summed E-state index contributed by atoms with van der Waals surface area (Å²) in [4.78, 5) is 11.8. The van der Waals surface area contributed by atoms with Gasteiger partial charge >= 0.3 is 0 Å². The first-order valence-electron chi connectivity index (χ1n) is 6.71. The summed E-state index contributed by atoms with van der Waals surface area (Å²) < 4.78 is 5.58. The summed E-state index contributed by atoms with van der Waals surface area (Å²) >= 11 is 0. The van der Waals surface area contributed by atoms with E-state index in [0.717, 1.165) is 11.3 Å². The molecule has 0 fully saturated rings. The Labute approximate surface area is 115 Å². The second kappa shape index (κ2) is 7.14. The third kappa shape index (κ3) is 4.91. The van der Waals surface area contributed by atoms with Crippen LogP contribution < -0.4 is 15.8 Å². The average Bonchev–Trinajstić information content (AvgIpc) is 2.37. The van der Waals surface area contributed by atoms with Gasteiger partial charge in [-0.3, -0.25) is 4.79 Å². The molecule has 4 nitrogen and oxygen atoms in total. The van der Waals surface area contributed by atoms with E-state index in [9.17, 15) is 4.79 Å². The Bertz CT molecular complexity index is 401. The van der Waals surface area contributed by atoms with Crippen molar-refractivity contribution < 1.29 is 9.53 Å². The third-order valence-corrected chi connectivity index (χ3v) is 2.91. The fourth-order valence-electron chi connectivity index (χ4n) is 1.65. The second-order valence-electron chi connectivity index (χ2n) is 5.10. The maximum absolute atomic E-state index is 11.8. The molecular formula is C15H24N2O2. The molecule has 2 unspecified atom stereocenters. The van der Waals surface area contributed by atoms with Gasteiger partial charge in [0.05, 0.1) is 12.1 Å². The number of hydrogen-bond donors (Lipinski definition) is 2. The van der Waals surface area contributed by atoms with Crippen LogP contribution in [0.15, 0.2) is 24.3 Å². The summed E-state index contributed by atoms with van der Waals surface area (Å²) in [5.74, 6) is 0.663. The van der Waals surface area contributed by atoms with E-state index in [1.54, 1.807) is 0 Å². The molecule has 2 atom stereocenters. The predicted molar refractivity (Wildman–Crippen MR) is 77.0 cm³/mol. The Morgan fingerprint density at radius 3 is 2.26 bits per heavy atom. The minimum atomic E-state index is -0.161. The molecule has 0 saturated heterocycles. The Morgan fingerprint density at radius 2 is 1.79 bits per heavy atom. The molecule has 0 aliphatic carbocycles. The number of nitrogens with two attached hydrogens (primary N) is 1. The quantitative estimate of drug-likeness (QED) is 0.828. The monoisotopic (exact) mass is 264 g/mol. The highest BCUT2D eigenvalue weighted by atomic mass is 16.5. The molecule has 0 bridgehead atoms. The van der Waals surface area contributed by atoms with Crippen LogP contribution in [-0.2, 0) is 4.79 Å². The molecule has 0 aliphatic rings. The maximum atomic E-state index is 11.8. The molecule has 0 spiro atoms. The Kier molecular flexibility index (Phi) is 5.83. The van der Waals surface area contributed by atoms with Crippen molar-refractivity contribution >= 4 is 5.91 Å². The number of rotatable bonds is 6. The van der Waals surface area contributed by atoms with Crippen molar-refractivity contribution in [3.8, 4) is 5.75 Å². The van der Waals surface area contributed by atoms with Crippen LogP contribution >= 0.6 is 0 Å². The Morgan fingerprint density at radius 1 is 1.21 bits per heavy atom. The summed E-state index contributed by atoms with van der Waals surface area (Å²) in [6.45, 7) is 8.12. The maximum Gasteiger partial charge on any atom is 0.224 e. The van der Waals surface area contributed by atoms with Crippen LogP contribution in [0.3, 0.4) is 0 Å². The van der Waals surface area contributed by atoms with Crippen molar-refractivity contribution in [1.29, 1.82) is 0 Å². The molecule has 3 N–H and O–H groups in total. The number of amides is 1. The van der Waals surface area contributed by atoms with Crippen molar-refractivity contribution in [2.24, 2.45) is 11.7 Å². The molecule has 1 rings (SSSR count). The Hall–Kier alpha value is -1.55. The van der Waals surface area contributed by atoms with Crippen LogP contribution in [0.4, 0.5) is 0 Å². The lowest BCUT2D eigenvalue weighted by Crippen LogP contribution is -2.34. The number of carbonyl (C=O) groups is 1. The normalized spacial score (nSPS) is 14.0. The summed E-state index contributed by atoms with van der Waals surface area (Å²) in [5, 5.41) is 2.95. The van der Waals surface area contributed by atoms with E-state index >= 15 is 0 Å². The lowest BCUT2D eigenvalue weighted by Gasteiger charge is -2.17. The zero-order valence-electron chi connectivity index (χ0n) is 12.1. The first-order chi connectivity index (χ1) is 8.93. The minimum absolute atomic E-state index is 0.0162. The largest absolute Gasteiger partial charge is 0.491 e. The molecule has 0 radical (unpaired) electrons. The fraction of sp³-hybridized carbons (Fsp3) is 0.533. The smallest absolute Gasteiger partial charge is 0.224 e. The molecule has 0 aromatic heterocycles. The van der Waals surface area contributed by atoms with Crippen LogP contribution in [0.25, 0.3) is 0 Å². The predicted octanol–water partition coefficient (Wildman–Crippen LogP) is 2.25. The topological polar surface area (TPSA) is 64.3 Å². The van der Waals surface area contributed by atoms with Gasteiger partial charge < -0.3 is 15.8 Å². The minimum Gasteiger partial charge on any atom is -0.491 e. The van der Waals surface area contributed by atoms with Gasteiger partial charge in [0.2, 0.25) is 5.91 Å². The van der Waals surface area contributed by atoms with Crippen molar-refractivity contribution in [1.82, 2.24) is 5.32 Å². The second-order valence-corrected chi connectivity index (χ2v) is 5.10. The van der Waals surface area contributed by atoms with Crippen molar-refractivity contribution in [2.45, 2.75) is 39.8 Å². The average molecular weight is 264 g/mol. The summed E-state index contributed by atoms with van der Waals surface area (Å²) in [7, 11) is 0. The van der Waals surface area contributed by atoms with Gasteiger partial charge in [0, 0.05) is 12.5 Å². The van der Waals surface area contributed by atoms with Crippen LogP contribution in [0.5, 0.6) is 5.75 Å². The highest BCUT2D eigenvalue weighted by Gasteiger charge is 2.14. The summed E-state index contributed by atoms with van der Waals surface area (Å²) in [6, 6.07) is 7.75. The van der Waals surface area contributed by atoms with E-state index in [2.05, 4.69) is 5.32 Å². The molecule has 1 aromatic carbocycles. The van der Waals surface area contributed by atoms with E-state index in [0.29, 0.717) is 6.54 Å².